The normalized spacial score (nSPS) is 16.9. The molecule has 0 saturated heterocycles. The van der Waals surface area contributed by atoms with Gasteiger partial charge >= 0.3 is 5.97 Å². The van der Waals surface area contributed by atoms with Crippen molar-refractivity contribution >= 4 is 17.3 Å². The zero-order valence-corrected chi connectivity index (χ0v) is 15.8. The van der Waals surface area contributed by atoms with E-state index < -0.39 is 12.0 Å². The minimum atomic E-state index is -0.850. The van der Waals surface area contributed by atoms with Crippen molar-refractivity contribution in [2.45, 2.75) is 32.6 Å². The van der Waals surface area contributed by atoms with E-state index in [4.69, 9.17) is 9.72 Å². The Bertz CT molecular complexity index is 983. The van der Waals surface area contributed by atoms with E-state index in [9.17, 15) is 9.90 Å². The summed E-state index contributed by atoms with van der Waals surface area (Å²) in [6.45, 7) is 3.06. The van der Waals surface area contributed by atoms with Gasteiger partial charge in [-0.3, -0.25) is 9.69 Å². The zero-order chi connectivity index (χ0) is 19.0. The standard InChI is InChI=1S/C18H19N5O3S/c1-11-20-21-16-9-22(15(18(24)25)8-23(11)16)7-13-10-27-17(19-13)12-4-3-5-14(6-12)26-2/h3-6,10,15H,7-9H2,1-2H3,(H,24,25). The van der Waals surface area contributed by atoms with Crippen LogP contribution in [0.5, 0.6) is 5.75 Å². The second kappa shape index (κ2) is 7.09. The summed E-state index contributed by atoms with van der Waals surface area (Å²) >= 11 is 1.54. The van der Waals surface area contributed by atoms with Crippen molar-refractivity contribution in [2.24, 2.45) is 0 Å². The molecule has 2 aromatic heterocycles. The molecule has 3 heterocycles. The molecular formula is C18H19N5O3S. The molecule has 0 bridgehead atoms. The monoisotopic (exact) mass is 385 g/mol. The van der Waals surface area contributed by atoms with Crippen LogP contribution in [0.3, 0.4) is 0 Å². The Hall–Kier alpha value is -2.78. The molecule has 0 saturated carbocycles. The Morgan fingerprint density at radius 1 is 1.41 bits per heavy atom. The summed E-state index contributed by atoms with van der Waals surface area (Å²) in [6.07, 6.45) is 0. The molecule has 0 aliphatic carbocycles. The van der Waals surface area contributed by atoms with Gasteiger partial charge in [0.05, 0.1) is 25.9 Å². The molecule has 3 aromatic rings. The number of thiazole rings is 1. The fraction of sp³-hybridized carbons (Fsp3) is 0.333. The number of fused-ring (bicyclic) bond motifs is 1. The Morgan fingerprint density at radius 3 is 3.04 bits per heavy atom. The van der Waals surface area contributed by atoms with Crippen LogP contribution in [-0.2, 0) is 24.4 Å². The number of carboxylic acids is 1. The van der Waals surface area contributed by atoms with Gasteiger partial charge in [-0.2, -0.15) is 0 Å². The van der Waals surface area contributed by atoms with Crippen LogP contribution in [0.2, 0.25) is 0 Å². The number of carbonyl (C=O) groups is 1. The number of carboxylic acid groups (broad SMARTS) is 1. The molecule has 1 N–H and O–H groups in total. The van der Waals surface area contributed by atoms with E-state index in [2.05, 4.69) is 10.2 Å². The zero-order valence-electron chi connectivity index (χ0n) is 15.0. The summed E-state index contributed by atoms with van der Waals surface area (Å²) in [5.41, 5.74) is 1.82. The first-order valence-electron chi connectivity index (χ1n) is 8.49. The second-order valence-electron chi connectivity index (χ2n) is 6.41. The lowest BCUT2D eigenvalue weighted by atomic mass is 10.1. The first kappa shape index (κ1) is 17.6. The Balaban J connectivity index is 1.56. The molecule has 0 amide bonds. The van der Waals surface area contributed by atoms with Crippen LogP contribution in [0, 0.1) is 6.92 Å². The van der Waals surface area contributed by atoms with Crippen molar-refractivity contribution in [3.8, 4) is 16.3 Å². The number of methoxy groups -OCH3 is 1. The molecule has 1 aliphatic rings. The van der Waals surface area contributed by atoms with Gasteiger partial charge in [0.2, 0.25) is 0 Å². The number of aromatic nitrogens is 4. The van der Waals surface area contributed by atoms with Crippen molar-refractivity contribution in [3.05, 3.63) is 47.0 Å². The van der Waals surface area contributed by atoms with Crippen LogP contribution in [0.4, 0.5) is 0 Å². The number of ether oxygens (including phenoxy) is 1. The van der Waals surface area contributed by atoms with Crippen molar-refractivity contribution < 1.29 is 14.6 Å². The first-order chi connectivity index (χ1) is 13.0. The molecule has 140 valence electrons. The molecule has 9 heteroatoms. The quantitative estimate of drug-likeness (QED) is 0.719. The topological polar surface area (TPSA) is 93.4 Å². The Labute approximate surface area is 160 Å². The van der Waals surface area contributed by atoms with E-state index in [-0.39, 0.29) is 0 Å². The summed E-state index contributed by atoms with van der Waals surface area (Å²) in [4.78, 5) is 18.3. The smallest absolute Gasteiger partial charge is 0.322 e. The largest absolute Gasteiger partial charge is 0.497 e. The molecule has 0 radical (unpaired) electrons. The average Bonchev–Trinajstić information content (AvgIpc) is 3.28. The first-order valence-corrected chi connectivity index (χ1v) is 9.37. The van der Waals surface area contributed by atoms with Gasteiger partial charge in [0.15, 0.2) is 0 Å². The van der Waals surface area contributed by atoms with Gasteiger partial charge in [-0.25, -0.2) is 4.98 Å². The van der Waals surface area contributed by atoms with Gasteiger partial charge in [0, 0.05) is 17.5 Å². The highest BCUT2D eigenvalue weighted by Gasteiger charge is 2.33. The summed E-state index contributed by atoms with van der Waals surface area (Å²) < 4.78 is 7.14. The van der Waals surface area contributed by atoms with Crippen LogP contribution in [0.25, 0.3) is 10.6 Å². The van der Waals surface area contributed by atoms with Gasteiger partial charge in [-0.1, -0.05) is 12.1 Å². The lowest BCUT2D eigenvalue weighted by molar-refractivity contribution is -0.145. The van der Waals surface area contributed by atoms with Crippen LogP contribution in [-0.4, -0.2) is 48.9 Å². The third kappa shape index (κ3) is 3.43. The Kier molecular flexibility index (Phi) is 4.63. The van der Waals surface area contributed by atoms with Crippen molar-refractivity contribution in [2.75, 3.05) is 7.11 Å². The van der Waals surface area contributed by atoms with E-state index >= 15 is 0 Å². The molecule has 4 rings (SSSR count). The van der Waals surface area contributed by atoms with E-state index in [0.29, 0.717) is 19.6 Å². The number of hydrogen-bond acceptors (Lipinski definition) is 7. The number of rotatable bonds is 5. The fourth-order valence-electron chi connectivity index (χ4n) is 3.24. The highest BCUT2D eigenvalue weighted by atomic mass is 32.1. The van der Waals surface area contributed by atoms with Crippen molar-refractivity contribution in [1.29, 1.82) is 0 Å². The van der Waals surface area contributed by atoms with E-state index in [1.165, 1.54) is 11.3 Å². The van der Waals surface area contributed by atoms with Gasteiger partial charge in [-0.05, 0) is 19.1 Å². The van der Waals surface area contributed by atoms with Crippen molar-refractivity contribution in [1.82, 2.24) is 24.6 Å². The predicted molar refractivity (Wildman–Crippen MR) is 99.5 cm³/mol. The highest BCUT2D eigenvalue weighted by molar-refractivity contribution is 7.13. The summed E-state index contributed by atoms with van der Waals surface area (Å²) in [7, 11) is 1.63. The second-order valence-corrected chi connectivity index (χ2v) is 7.27. The number of aryl methyl sites for hydroxylation is 1. The summed E-state index contributed by atoms with van der Waals surface area (Å²) in [5.74, 6) is 1.45. The molecule has 1 atom stereocenters. The molecule has 8 nitrogen and oxygen atoms in total. The minimum Gasteiger partial charge on any atom is -0.497 e. The fourth-order valence-corrected chi connectivity index (χ4v) is 4.04. The lowest BCUT2D eigenvalue weighted by Gasteiger charge is -2.32. The van der Waals surface area contributed by atoms with Gasteiger partial charge in [0.1, 0.15) is 28.4 Å². The highest BCUT2D eigenvalue weighted by Crippen LogP contribution is 2.28. The number of aliphatic carboxylic acids is 1. The summed E-state index contributed by atoms with van der Waals surface area (Å²) in [6, 6.07) is 7.11. The van der Waals surface area contributed by atoms with Crippen LogP contribution in [0.1, 0.15) is 17.3 Å². The SMILES string of the molecule is COc1cccc(-c2nc(CN3Cc4nnc(C)n4CC3C(=O)O)cs2)c1. The van der Waals surface area contributed by atoms with E-state index in [0.717, 1.165) is 33.7 Å². The summed E-state index contributed by atoms with van der Waals surface area (Å²) in [5, 5.41) is 20.7. The minimum absolute atomic E-state index is 0.344. The van der Waals surface area contributed by atoms with E-state index in [1.54, 1.807) is 7.11 Å². The van der Waals surface area contributed by atoms with Crippen molar-refractivity contribution in [3.63, 3.8) is 0 Å². The molecule has 1 unspecified atom stereocenters. The molecule has 0 fully saturated rings. The van der Waals surface area contributed by atoms with Crippen LogP contribution in [0.15, 0.2) is 29.6 Å². The molecule has 1 aliphatic heterocycles. The third-order valence-electron chi connectivity index (χ3n) is 4.67. The molecule has 27 heavy (non-hydrogen) atoms. The maximum Gasteiger partial charge on any atom is 0.322 e. The average molecular weight is 385 g/mol. The third-order valence-corrected chi connectivity index (χ3v) is 5.61. The van der Waals surface area contributed by atoms with Gasteiger partial charge < -0.3 is 14.4 Å². The maximum absolute atomic E-state index is 11.8. The molecular weight excluding hydrogens is 366 g/mol. The maximum atomic E-state index is 11.8. The van der Waals surface area contributed by atoms with E-state index in [1.807, 2.05) is 46.0 Å². The molecule has 0 spiro atoms. The number of benzene rings is 1. The number of nitrogens with zero attached hydrogens (tertiary/aromatic N) is 5. The van der Waals surface area contributed by atoms with Crippen LogP contribution < -0.4 is 4.74 Å². The number of hydrogen-bond donors (Lipinski definition) is 1. The Morgan fingerprint density at radius 2 is 2.26 bits per heavy atom. The predicted octanol–water partition coefficient (Wildman–Crippen LogP) is 2.19. The van der Waals surface area contributed by atoms with Gasteiger partial charge in [-0.15, -0.1) is 21.5 Å². The van der Waals surface area contributed by atoms with Gasteiger partial charge in [0.25, 0.3) is 0 Å². The van der Waals surface area contributed by atoms with Crippen LogP contribution >= 0.6 is 11.3 Å². The lowest BCUT2D eigenvalue weighted by Crippen LogP contribution is -2.47. The molecule has 1 aromatic carbocycles.